The van der Waals surface area contributed by atoms with E-state index in [1.807, 2.05) is 25.1 Å². The molecule has 0 radical (unpaired) electrons. The summed E-state index contributed by atoms with van der Waals surface area (Å²) >= 11 is 0. The number of unbranched alkanes of at least 4 members (excludes halogenated alkanes) is 2. The fraction of sp³-hybridized carbons (Fsp3) is 0.444. The van der Waals surface area contributed by atoms with Crippen LogP contribution in [0.3, 0.4) is 0 Å². The first-order chi connectivity index (χ1) is 9.91. The Morgan fingerprint density at radius 2 is 1.95 bits per heavy atom. The monoisotopic (exact) mass is 288 g/mol. The van der Waals surface area contributed by atoms with E-state index in [9.17, 15) is 9.59 Å². The molecule has 0 bridgehead atoms. The fourth-order valence-electron chi connectivity index (χ4n) is 2.15. The SMILES string of the molecule is Cc1ccc(C=CCCCCC(C)C)c(C(=O)C(=O)O)c1. The van der Waals surface area contributed by atoms with Gasteiger partial charge in [-0.3, -0.25) is 4.79 Å². The predicted molar refractivity (Wildman–Crippen MR) is 85.5 cm³/mol. The Labute approximate surface area is 126 Å². The zero-order chi connectivity index (χ0) is 15.8. The molecule has 0 spiro atoms. The molecule has 0 heterocycles. The van der Waals surface area contributed by atoms with Crippen molar-refractivity contribution in [3.05, 3.63) is 41.0 Å². The smallest absolute Gasteiger partial charge is 0.377 e. The molecule has 0 aliphatic rings. The maximum absolute atomic E-state index is 11.7. The van der Waals surface area contributed by atoms with Crippen LogP contribution in [0.15, 0.2) is 24.3 Å². The van der Waals surface area contributed by atoms with Gasteiger partial charge in [0.15, 0.2) is 0 Å². The van der Waals surface area contributed by atoms with Crippen LogP contribution in [0, 0.1) is 12.8 Å². The third-order valence-electron chi connectivity index (χ3n) is 3.35. The lowest BCUT2D eigenvalue weighted by molar-refractivity contribution is -0.131. The van der Waals surface area contributed by atoms with Gasteiger partial charge in [0.2, 0.25) is 0 Å². The highest BCUT2D eigenvalue weighted by Gasteiger charge is 2.17. The first-order valence-electron chi connectivity index (χ1n) is 7.46. The number of carboxylic acids is 1. The van der Waals surface area contributed by atoms with Crippen molar-refractivity contribution in [3.63, 3.8) is 0 Å². The summed E-state index contributed by atoms with van der Waals surface area (Å²) in [6.45, 7) is 6.27. The van der Waals surface area contributed by atoms with Gasteiger partial charge in [0.1, 0.15) is 0 Å². The quantitative estimate of drug-likeness (QED) is 0.435. The maximum atomic E-state index is 11.7. The Kier molecular flexibility index (Phi) is 6.86. The van der Waals surface area contributed by atoms with Gasteiger partial charge in [0, 0.05) is 5.56 Å². The topological polar surface area (TPSA) is 54.4 Å². The summed E-state index contributed by atoms with van der Waals surface area (Å²) in [5.74, 6) is -1.53. The number of carboxylic acid groups (broad SMARTS) is 1. The molecule has 1 rings (SSSR count). The Morgan fingerprint density at radius 1 is 1.24 bits per heavy atom. The number of carbonyl (C=O) groups is 2. The third kappa shape index (κ3) is 5.94. The van der Waals surface area contributed by atoms with Crippen molar-refractivity contribution < 1.29 is 14.7 Å². The molecular weight excluding hydrogens is 264 g/mol. The van der Waals surface area contributed by atoms with E-state index in [-0.39, 0.29) is 5.56 Å². The van der Waals surface area contributed by atoms with Gasteiger partial charge in [0.05, 0.1) is 0 Å². The van der Waals surface area contributed by atoms with Crippen LogP contribution in [-0.4, -0.2) is 16.9 Å². The molecule has 1 aromatic rings. The molecule has 0 aliphatic heterocycles. The van der Waals surface area contributed by atoms with E-state index in [1.54, 1.807) is 12.1 Å². The van der Waals surface area contributed by atoms with Crippen LogP contribution in [0.25, 0.3) is 6.08 Å². The van der Waals surface area contributed by atoms with Crippen molar-refractivity contribution in [2.24, 2.45) is 5.92 Å². The van der Waals surface area contributed by atoms with E-state index in [0.29, 0.717) is 5.56 Å². The van der Waals surface area contributed by atoms with Gasteiger partial charge in [-0.1, -0.05) is 56.5 Å². The maximum Gasteiger partial charge on any atom is 0.377 e. The average molecular weight is 288 g/mol. The van der Waals surface area contributed by atoms with Crippen molar-refractivity contribution in [1.82, 2.24) is 0 Å². The third-order valence-corrected chi connectivity index (χ3v) is 3.35. The second-order valence-corrected chi connectivity index (χ2v) is 5.81. The summed E-state index contributed by atoms with van der Waals surface area (Å²) in [5.41, 5.74) is 1.83. The zero-order valence-corrected chi connectivity index (χ0v) is 13.1. The summed E-state index contributed by atoms with van der Waals surface area (Å²) < 4.78 is 0. The molecule has 21 heavy (non-hydrogen) atoms. The molecule has 0 fully saturated rings. The lowest BCUT2D eigenvalue weighted by atomic mass is 9.99. The molecule has 3 nitrogen and oxygen atoms in total. The summed E-state index contributed by atoms with van der Waals surface area (Å²) in [6.07, 6.45) is 8.34. The summed E-state index contributed by atoms with van der Waals surface area (Å²) in [4.78, 5) is 22.6. The van der Waals surface area contributed by atoms with Crippen LogP contribution in [0.2, 0.25) is 0 Å². The number of allylic oxidation sites excluding steroid dienone is 1. The van der Waals surface area contributed by atoms with E-state index in [0.717, 1.165) is 24.3 Å². The van der Waals surface area contributed by atoms with Crippen LogP contribution >= 0.6 is 0 Å². The molecular formula is C18H24O3. The van der Waals surface area contributed by atoms with E-state index >= 15 is 0 Å². The van der Waals surface area contributed by atoms with Gasteiger partial charge >= 0.3 is 5.97 Å². The molecule has 0 atom stereocenters. The van der Waals surface area contributed by atoms with Gasteiger partial charge in [-0.2, -0.15) is 0 Å². The first kappa shape index (κ1) is 17.2. The molecule has 0 saturated heterocycles. The number of aryl methyl sites for hydroxylation is 1. The van der Waals surface area contributed by atoms with Crippen molar-refractivity contribution in [2.45, 2.75) is 46.5 Å². The average Bonchev–Trinajstić information content (AvgIpc) is 2.42. The van der Waals surface area contributed by atoms with Crippen LogP contribution in [-0.2, 0) is 4.79 Å². The minimum atomic E-state index is -1.41. The molecule has 0 saturated carbocycles. The Bertz CT molecular complexity index is 527. The first-order valence-corrected chi connectivity index (χ1v) is 7.46. The number of benzene rings is 1. The summed E-state index contributed by atoms with van der Waals surface area (Å²) in [5, 5.41) is 8.87. The Morgan fingerprint density at radius 3 is 2.57 bits per heavy atom. The van der Waals surface area contributed by atoms with Gasteiger partial charge in [-0.05, 0) is 37.3 Å². The van der Waals surface area contributed by atoms with Crippen LogP contribution < -0.4 is 0 Å². The lowest BCUT2D eigenvalue weighted by Crippen LogP contribution is -2.14. The van der Waals surface area contributed by atoms with Gasteiger partial charge in [0.25, 0.3) is 5.78 Å². The largest absolute Gasteiger partial charge is 0.475 e. The second-order valence-electron chi connectivity index (χ2n) is 5.81. The van der Waals surface area contributed by atoms with Crippen LogP contribution in [0.5, 0.6) is 0 Å². The molecule has 3 heteroatoms. The van der Waals surface area contributed by atoms with Crippen molar-refractivity contribution in [3.8, 4) is 0 Å². The number of ketones is 1. The molecule has 1 aromatic carbocycles. The van der Waals surface area contributed by atoms with E-state index in [1.165, 1.54) is 12.8 Å². The standard InChI is InChI=1S/C18H24O3/c1-13(2)8-6-4-5-7-9-15-11-10-14(3)12-16(15)17(19)18(20)21/h7,9-13H,4-6,8H2,1-3H3,(H,20,21). The molecule has 1 N–H and O–H groups in total. The summed E-state index contributed by atoms with van der Waals surface area (Å²) in [7, 11) is 0. The van der Waals surface area contributed by atoms with Crippen LogP contribution in [0.1, 0.15) is 61.0 Å². The molecule has 114 valence electrons. The number of rotatable bonds is 8. The van der Waals surface area contributed by atoms with Gasteiger partial charge in [-0.25, -0.2) is 4.79 Å². The van der Waals surface area contributed by atoms with E-state index < -0.39 is 11.8 Å². The van der Waals surface area contributed by atoms with Gasteiger partial charge < -0.3 is 5.11 Å². The Balaban J connectivity index is 2.70. The van der Waals surface area contributed by atoms with Crippen molar-refractivity contribution in [1.29, 1.82) is 0 Å². The Hall–Kier alpha value is -1.90. The van der Waals surface area contributed by atoms with E-state index in [4.69, 9.17) is 5.11 Å². The predicted octanol–water partition coefficient (Wildman–Crippen LogP) is 4.49. The van der Waals surface area contributed by atoms with Crippen molar-refractivity contribution in [2.75, 3.05) is 0 Å². The highest BCUT2D eigenvalue weighted by atomic mass is 16.4. The number of aliphatic carboxylic acids is 1. The zero-order valence-electron chi connectivity index (χ0n) is 13.1. The summed E-state index contributed by atoms with van der Waals surface area (Å²) in [6, 6.07) is 5.32. The minimum absolute atomic E-state index is 0.265. The van der Waals surface area contributed by atoms with E-state index in [2.05, 4.69) is 13.8 Å². The second kappa shape index (κ2) is 8.40. The fourth-order valence-corrected chi connectivity index (χ4v) is 2.15. The highest BCUT2D eigenvalue weighted by molar-refractivity contribution is 6.40. The van der Waals surface area contributed by atoms with Crippen LogP contribution in [0.4, 0.5) is 0 Å². The molecule has 0 aliphatic carbocycles. The number of carbonyl (C=O) groups excluding carboxylic acids is 1. The highest BCUT2D eigenvalue weighted by Crippen LogP contribution is 2.16. The molecule has 0 aromatic heterocycles. The van der Waals surface area contributed by atoms with Crippen molar-refractivity contribution >= 4 is 17.8 Å². The molecule has 0 unspecified atom stereocenters. The molecule has 0 amide bonds. The normalized spacial score (nSPS) is 11.2. The lowest BCUT2D eigenvalue weighted by Gasteiger charge is -2.04. The number of hydrogen-bond acceptors (Lipinski definition) is 2. The minimum Gasteiger partial charge on any atom is -0.475 e. The van der Waals surface area contributed by atoms with Gasteiger partial charge in [-0.15, -0.1) is 0 Å². The number of Topliss-reactive ketones (excluding diaryl/α,β-unsaturated/α-hetero) is 1. The number of hydrogen-bond donors (Lipinski definition) is 1.